The van der Waals surface area contributed by atoms with Crippen LogP contribution in [0.1, 0.15) is 346 Å². The molecule has 0 aliphatic heterocycles. The second kappa shape index (κ2) is 58.6. The number of rotatable bonds is 33. The molecule has 5 rings (SSSR count). The molecule has 15 nitrogen and oxygen atoms in total. The molecule has 8 unspecified atom stereocenters. The van der Waals surface area contributed by atoms with Gasteiger partial charge in [0, 0.05) is 24.2 Å². The first kappa shape index (κ1) is 141. The van der Waals surface area contributed by atoms with E-state index in [-0.39, 0.29) is 93.9 Å². The summed E-state index contributed by atoms with van der Waals surface area (Å²) in [4.78, 5) is 80.9. The van der Waals surface area contributed by atoms with Crippen LogP contribution in [-0.2, 0) is 66.7 Å². The van der Waals surface area contributed by atoms with E-state index >= 15 is 0 Å². The van der Waals surface area contributed by atoms with Crippen LogP contribution in [0.2, 0.25) is 77.1 Å². The molecular weight excluding hydrogens is 1920 g/mol. The fourth-order valence-corrected chi connectivity index (χ4v) is 17.4. The topological polar surface area (TPSA) is 204 Å². The maximum absolute atomic E-state index is 13.0. The van der Waals surface area contributed by atoms with Crippen molar-refractivity contribution in [2.45, 2.75) is 478 Å². The molecule has 2 bridgehead atoms. The smallest absolute Gasteiger partial charge is 0.426 e. The Labute approximate surface area is 832 Å². The van der Waals surface area contributed by atoms with Gasteiger partial charge in [0.15, 0.2) is 22.3 Å². The molecule has 4 saturated carbocycles. The summed E-state index contributed by atoms with van der Waals surface area (Å²) < 4.78 is 261. The predicted molar refractivity (Wildman–Crippen MR) is 528 cm³/mol. The van der Waals surface area contributed by atoms with Crippen LogP contribution in [0.5, 0.6) is 0 Å². The van der Waals surface area contributed by atoms with Gasteiger partial charge in [0.05, 0.1) is 48.6 Å². The van der Waals surface area contributed by atoms with E-state index in [0.717, 1.165) is 84.5 Å². The van der Waals surface area contributed by atoms with Crippen molar-refractivity contribution in [3.63, 3.8) is 0 Å². The van der Waals surface area contributed by atoms with Crippen molar-refractivity contribution in [3.8, 4) is 0 Å². The molecule has 4 aliphatic rings. The lowest BCUT2D eigenvalue weighted by molar-refractivity contribution is -0.373. The van der Waals surface area contributed by atoms with Crippen LogP contribution in [0.3, 0.4) is 0 Å². The van der Waals surface area contributed by atoms with Crippen LogP contribution in [0.15, 0.2) is 30.3 Å². The fraction of sp³-hybridized carbons (Fsp3) is 0.875. The van der Waals surface area contributed by atoms with Crippen LogP contribution in [0.25, 0.3) is 0 Å². The summed E-state index contributed by atoms with van der Waals surface area (Å²) in [6.45, 7) is 69.0. The van der Waals surface area contributed by atoms with Gasteiger partial charge in [0.2, 0.25) is 0 Å². The summed E-state index contributed by atoms with van der Waals surface area (Å²) in [6.07, 6.45) is -18.6. The molecule has 36 heteroatoms. The zero-order valence-corrected chi connectivity index (χ0v) is 95.1. The van der Waals surface area contributed by atoms with Gasteiger partial charge in [-0.3, -0.25) is 33.6 Å². The average molecular weight is 2100 g/mol. The standard InChI is InChI=1S/C16H27F3O2.C16H30O2.2C12H26O2Si.C11H14F6O.C11H21F3O2Si.C10H14.C9H12F6O2.C7H14O2/c1-6-15(5,16(17,18)19)13(20)21-12-9-7-11(8-10-12)14(2,3)4;1-7-15(3,4)14(17)18-16(5,6)13-10-8-12(2)9-11-13;2*1-7-12(2,3)11(13)14-9-8-10-15(4,5)6;12-10(13,14)9(18,11(15,16)17)5-8-4-6-1-2-7(8)3-6;1-6-10(2,11(12,13)14)9(15)16-7-8-17(3,4)5;1-3-9(2)10-7-5-4-6-8-10;1-4-7(3,9(13,14)15)6(16)17-5(2)8(10,11)12;1-5-7(2,3)6(8)9-4/h11-12H,6-10H2,1-5H3;12-13H,7-11H2,1-6H3;2*7-10H2,1-6H3;6-8,18H,1-5H2;6-8H2,1-5H3;4-9H,3H2,1-2H3;5H,4H2,1-3H3;5H2,1-4H3. The van der Waals surface area contributed by atoms with E-state index in [1.165, 1.54) is 70.7 Å². The fourth-order valence-electron chi connectivity index (χ4n) is 14.3. The summed E-state index contributed by atoms with van der Waals surface area (Å²) in [5, 5.41) is 9.12. The number of ether oxygens (including phenoxy) is 7. The van der Waals surface area contributed by atoms with E-state index in [9.17, 15) is 113 Å². The monoisotopic (exact) mass is 2100 g/mol. The Bertz CT molecular complexity index is 3670. The van der Waals surface area contributed by atoms with Gasteiger partial charge in [-0.1, -0.05) is 211 Å². The Morgan fingerprint density at radius 1 is 0.400 bits per heavy atom. The van der Waals surface area contributed by atoms with E-state index in [2.05, 4.69) is 154 Å². The third-order valence-corrected chi connectivity index (χ3v) is 34.0. The molecule has 1 aromatic rings. The lowest BCUT2D eigenvalue weighted by atomic mass is 9.72. The minimum Gasteiger partial charge on any atom is -0.469 e. The molecule has 0 radical (unpaired) electrons. The summed E-state index contributed by atoms with van der Waals surface area (Å²) in [5.41, 5.74) is -12.2. The maximum atomic E-state index is 13.0. The molecule has 8 atom stereocenters. The first-order valence-electron chi connectivity index (χ1n) is 50.1. The second-order valence-corrected chi connectivity index (χ2v) is 63.9. The lowest BCUT2D eigenvalue weighted by Crippen LogP contribution is -2.58. The van der Waals surface area contributed by atoms with Gasteiger partial charge < -0.3 is 38.3 Å². The number of hydrogen-bond acceptors (Lipinski definition) is 15. The highest BCUT2D eigenvalue weighted by atomic mass is 28.3. The molecule has 0 amide bonds. The molecule has 4 aliphatic carbocycles. The normalized spacial score (nSPS) is 20.2. The van der Waals surface area contributed by atoms with Gasteiger partial charge in [-0.25, -0.2) is 0 Å². The van der Waals surface area contributed by atoms with E-state index in [0.29, 0.717) is 83.0 Å². The van der Waals surface area contributed by atoms with Crippen molar-refractivity contribution in [2.24, 2.45) is 78.8 Å². The van der Waals surface area contributed by atoms with Crippen molar-refractivity contribution in [3.05, 3.63) is 35.9 Å². The lowest BCUT2D eigenvalue weighted by Gasteiger charge is -2.39. The first-order valence-corrected chi connectivity index (χ1v) is 61.3. The van der Waals surface area contributed by atoms with Crippen LogP contribution >= 0.6 is 0 Å². The Kier molecular flexibility index (Phi) is 59.0. The molecule has 0 spiro atoms. The molecular formula is C104H184F18O15Si3. The Hall–Kier alpha value is -5.14. The number of carbonyl (C=O) groups is 7. The molecule has 1 N–H and O–H groups in total. The van der Waals surface area contributed by atoms with Crippen LogP contribution < -0.4 is 0 Å². The van der Waals surface area contributed by atoms with Gasteiger partial charge in [-0.05, 0) is 284 Å². The number of esters is 7. The van der Waals surface area contributed by atoms with E-state index in [4.69, 9.17) is 28.8 Å². The van der Waals surface area contributed by atoms with Crippen LogP contribution in [-0.4, -0.2) is 159 Å². The molecule has 0 saturated heterocycles. The van der Waals surface area contributed by atoms with E-state index in [1.54, 1.807) is 0 Å². The summed E-state index contributed by atoms with van der Waals surface area (Å²) >= 11 is 0. The number of fused-ring (bicyclic) bond motifs is 2. The summed E-state index contributed by atoms with van der Waals surface area (Å²) in [6, 6.07) is 13.8. The van der Waals surface area contributed by atoms with Crippen molar-refractivity contribution >= 4 is 66.0 Å². The van der Waals surface area contributed by atoms with Crippen molar-refractivity contribution < 1.29 is 151 Å². The van der Waals surface area contributed by atoms with Crippen LogP contribution in [0.4, 0.5) is 79.0 Å². The number of aliphatic hydroxyl groups is 1. The van der Waals surface area contributed by atoms with Gasteiger partial charge >= 0.3 is 78.8 Å². The molecule has 0 aromatic heterocycles. The molecule has 828 valence electrons. The third kappa shape index (κ3) is 50.0. The van der Waals surface area contributed by atoms with Gasteiger partial charge in [0.25, 0.3) is 5.60 Å². The number of halogens is 18. The third-order valence-electron chi connectivity index (χ3n) is 28.6. The number of benzene rings is 1. The van der Waals surface area contributed by atoms with Crippen molar-refractivity contribution in [2.75, 3.05) is 26.9 Å². The quantitative estimate of drug-likeness (QED) is 0.0228. The summed E-state index contributed by atoms with van der Waals surface area (Å²) in [5.74, 6) is -2.42. The van der Waals surface area contributed by atoms with Gasteiger partial charge in [-0.2, -0.15) is 79.0 Å². The number of hydrogen-bond donors (Lipinski definition) is 1. The zero-order valence-electron chi connectivity index (χ0n) is 92.1. The van der Waals surface area contributed by atoms with Crippen molar-refractivity contribution in [1.82, 2.24) is 0 Å². The number of methoxy groups -OCH3 is 1. The van der Waals surface area contributed by atoms with Gasteiger partial charge in [-0.15, -0.1) is 0 Å². The molecule has 4 fully saturated rings. The largest absolute Gasteiger partial charge is 0.469 e. The second-order valence-electron chi connectivity index (χ2n) is 47.0. The highest BCUT2D eigenvalue weighted by Crippen LogP contribution is 2.56. The van der Waals surface area contributed by atoms with Crippen molar-refractivity contribution in [1.29, 1.82) is 0 Å². The number of carbonyl (C=O) groups excluding carboxylic acids is 7. The van der Waals surface area contributed by atoms with E-state index in [1.807, 2.05) is 83.1 Å². The Morgan fingerprint density at radius 3 is 1.05 bits per heavy atom. The molecule has 1 aromatic carbocycles. The first-order chi connectivity index (χ1) is 62.7. The molecule has 140 heavy (non-hydrogen) atoms. The average Bonchev–Trinajstić information content (AvgIpc) is 1.49. The summed E-state index contributed by atoms with van der Waals surface area (Å²) in [7, 11) is -1.93. The number of alkyl halides is 18. The predicted octanol–water partition coefficient (Wildman–Crippen LogP) is 32.8. The minimum absolute atomic E-state index is 0.0476. The minimum atomic E-state index is -5.67. The van der Waals surface area contributed by atoms with E-state index < -0.39 is 126 Å². The van der Waals surface area contributed by atoms with Crippen LogP contribution in [0, 0.1) is 78.8 Å². The van der Waals surface area contributed by atoms with Gasteiger partial charge in [0.1, 0.15) is 11.7 Å². The highest BCUT2D eigenvalue weighted by Gasteiger charge is 2.71. The Balaban J connectivity index is -0.000000749. The zero-order chi connectivity index (χ0) is 111. The molecule has 0 heterocycles. The Morgan fingerprint density at radius 2 is 0.750 bits per heavy atom. The maximum Gasteiger partial charge on any atom is 0.426 e. The highest BCUT2D eigenvalue weighted by molar-refractivity contribution is 6.76. The SMILES string of the molecule is CCC(C)(C(=O)OC(C)C(F)(F)F)C(F)(F)F.CCC(C)(C(=O)OC1CCC(C(C)(C)C)CC1)C(F)(F)F.CCC(C)(C(=O)OCC[Si](C)(C)C)C(F)(F)F.CCC(C)(C)C(=O)OC.CCC(C)(C)C(=O)OC(C)(C)C1CCC(C)CC1.CCC(C)(C)C(=O)OCCC[Si](C)(C)C.CCC(C)(C)C(=O)OCCC[Si](C)(C)C.CCC(C)c1ccccc1.OC(CC1CC2CCC1C2)(C(F)(F)F)C(F)(F)F.